The molecule has 0 aromatic heterocycles. The summed E-state index contributed by atoms with van der Waals surface area (Å²) in [5, 5.41) is 12.3. The molecule has 1 unspecified atom stereocenters. The van der Waals surface area contributed by atoms with E-state index in [2.05, 4.69) is 5.32 Å². The second-order valence-electron chi connectivity index (χ2n) is 4.42. The van der Waals surface area contributed by atoms with E-state index in [0.29, 0.717) is 5.92 Å². The van der Waals surface area contributed by atoms with Crippen LogP contribution in [0.15, 0.2) is 0 Å². The molecule has 0 spiro atoms. The molecule has 0 amide bonds. The van der Waals surface area contributed by atoms with Gasteiger partial charge in [0.2, 0.25) is 0 Å². The topological polar surface area (TPSA) is 49.3 Å². The van der Waals surface area contributed by atoms with Crippen molar-refractivity contribution in [1.82, 2.24) is 5.32 Å². The van der Waals surface area contributed by atoms with Crippen LogP contribution in [0.5, 0.6) is 0 Å². The molecule has 1 aliphatic heterocycles. The van der Waals surface area contributed by atoms with E-state index in [-0.39, 0.29) is 0 Å². The van der Waals surface area contributed by atoms with E-state index in [1.54, 1.807) is 0 Å². The molecule has 0 aromatic carbocycles. The third-order valence-electron chi connectivity index (χ3n) is 3.51. The van der Waals surface area contributed by atoms with E-state index >= 15 is 0 Å². The molecule has 1 saturated carbocycles. The van der Waals surface area contributed by atoms with Crippen LogP contribution < -0.4 is 5.32 Å². The lowest BCUT2D eigenvalue weighted by Gasteiger charge is -2.34. The van der Waals surface area contributed by atoms with E-state index in [9.17, 15) is 4.79 Å². The van der Waals surface area contributed by atoms with Crippen LogP contribution in [0.2, 0.25) is 0 Å². The van der Waals surface area contributed by atoms with Gasteiger partial charge in [0.25, 0.3) is 0 Å². The molecule has 3 heteroatoms. The van der Waals surface area contributed by atoms with Gasteiger partial charge in [-0.25, -0.2) is 0 Å². The fourth-order valence-corrected chi connectivity index (χ4v) is 2.44. The van der Waals surface area contributed by atoms with Crippen molar-refractivity contribution in [2.75, 3.05) is 6.54 Å². The molecular formula is C10H17NO2. The maximum atomic E-state index is 11.1. The fraction of sp³-hybridized carbons (Fsp3) is 0.900. The molecule has 2 rings (SSSR count). The third kappa shape index (κ3) is 1.57. The SMILES string of the molecule is O=C(O)C1(CC2CCC2)CCCN1. The molecule has 74 valence electrons. The lowest BCUT2D eigenvalue weighted by atomic mass is 9.75. The Morgan fingerprint density at radius 2 is 2.23 bits per heavy atom. The van der Waals surface area contributed by atoms with Gasteiger partial charge in [0.1, 0.15) is 5.54 Å². The van der Waals surface area contributed by atoms with Crippen molar-refractivity contribution in [1.29, 1.82) is 0 Å². The molecule has 0 aromatic rings. The zero-order chi connectivity index (χ0) is 9.31. The minimum atomic E-state index is -0.642. The summed E-state index contributed by atoms with van der Waals surface area (Å²) in [7, 11) is 0. The van der Waals surface area contributed by atoms with Crippen molar-refractivity contribution in [3.63, 3.8) is 0 Å². The van der Waals surface area contributed by atoms with Gasteiger partial charge in [-0.05, 0) is 31.7 Å². The molecule has 1 atom stereocenters. The summed E-state index contributed by atoms with van der Waals surface area (Å²) in [6.07, 6.45) is 6.44. The standard InChI is InChI=1S/C10H17NO2/c12-9(13)10(5-2-6-11-10)7-8-3-1-4-8/h8,11H,1-7H2,(H,12,13). The highest BCUT2D eigenvalue weighted by atomic mass is 16.4. The van der Waals surface area contributed by atoms with Crippen LogP contribution in [-0.4, -0.2) is 23.2 Å². The molecule has 2 aliphatic rings. The number of nitrogens with one attached hydrogen (secondary N) is 1. The van der Waals surface area contributed by atoms with Crippen molar-refractivity contribution in [2.24, 2.45) is 5.92 Å². The number of hydrogen-bond donors (Lipinski definition) is 2. The number of carboxylic acids is 1. The Kier molecular flexibility index (Phi) is 2.28. The van der Waals surface area contributed by atoms with Crippen molar-refractivity contribution >= 4 is 5.97 Å². The van der Waals surface area contributed by atoms with Gasteiger partial charge in [-0.2, -0.15) is 0 Å². The highest BCUT2D eigenvalue weighted by molar-refractivity contribution is 5.79. The molecule has 3 nitrogen and oxygen atoms in total. The molecule has 1 aliphatic carbocycles. The second kappa shape index (κ2) is 3.29. The lowest BCUT2D eigenvalue weighted by Crippen LogP contribution is -2.49. The van der Waals surface area contributed by atoms with Gasteiger partial charge in [0.15, 0.2) is 0 Å². The maximum Gasteiger partial charge on any atom is 0.323 e. The minimum Gasteiger partial charge on any atom is -0.480 e. The lowest BCUT2D eigenvalue weighted by molar-refractivity contribution is -0.145. The van der Waals surface area contributed by atoms with E-state index in [0.717, 1.165) is 25.8 Å². The predicted octanol–water partition coefficient (Wildman–Crippen LogP) is 1.38. The number of aliphatic carboxylic acids is 1. The zero-order valence-electron chi connectivity index (χ0n) is 7.88. The van der Waals surface area contributed by atoms with Crippen LogP contribution in [0.3, 0.4) is 0 Å². The van der Waals surface area contributed by atoms with Crippen molar-refractivity contribution in [3.05, 3.63) is 0 Å². The number of carbonyl (C=O) groups is 1. The molecule has 2 N–H and O–H groups in total. The zero-order valence-corrected chi connectivity index (χ0v) is 7.88. The van der Waals surface area contributed by atoms with Crippen LogP contribution in [0.1, 0.15) is 38.5 Å². The Morgan fingerprint density at radius 1 is 1.46 bits per heavy atom. The number of hydrogen-bond acceptors (Lipinski definition) is 2. The Labute approximate surface area is 78.5 Å². The van der Waals surface area contributed by atoms with E-state index < -0.39 is 11.5 Å². The van der Waals surface area contributed by atoms with Gasteiger partial charge in [0, 0.05) is 0 Å². The molecule has 2 fully saturated rings. The molecular weight excluding hydrogens is 166 g/mol. The van der Waals surface area contributed by atoms with E-state index in [1.165, 1.54) is 19.3 Å². The summed E-state index contributed by atoms with van der Waals surface area (Å²) < 4.78 is 0. The average molecular weight is 183 g/mol. The minimum absolute atomic E-state index is 0.564. The van der Waals surface area contributed by atoms with Crippen LogP contribution in [0.4, 0.5) is 0 Å². The maximum absolute atomic E-state index is 11.1. The molecule has 0 bridgehead atoms. The highest BCUT2D eigenvalue weighted by Gasteiger charge is 2.43. The van der Waals surface area contributed by atoms with Gasteiger partial charge in [0.05, 0.1) is 0 Å². The normalized spacial score (nSPS) is 34.5. The van der Waals surface area contributed by atoms with Crippen LogP contribution in [0.25, 0.3) is 0 Å². The van der Waals surface area contributed by atoms with Gasteiger partial charge in [-0.1, -0.05) is 19.3 Å². The monoisotopic (exact) mass is 183 g/mol. The van der Waals surface area contributed by atoms with Crippen molar-refractivity contribution in [2.45, 2.75) is 44.1 Å². The summed E-state index contributed by atoms with van der Waals surface area (Å²) in [5.74, 6) is 0.0265. The summed E-state index contributed by atoms with van der Waals surface area (Å²) in [4.78, 5) is 11.1. The smallest absolute Gasteiger partial charge is 0.323 e. The van der Waals surface area contributed by atoms with Gasteiger partial charge in [-0.15, -0.1) is 0 Å². The van der Waals surface area contributed by atoms with Crippen LogP contribution >= 0.6 is 0 Å². The van der Waals surface area contributed by atoms with Crippen LogP contribution in [0, 0.1) is 5.92 Å². The molecule has 1 saturated heterocycles. The van der Waals surface area contributed by atoms with Gasteiger partial charge >= 0.3 is 5.97 Å². The quantitative estimate of drug-likeness (QED) is 0.695. The average Bonchev–Trinajstić information content (AvgIpc) is 2.46. The van der Waals surface area contributed by atoms with Gasteiger partial charge in [-0.3, -0.25) is 4.79 Å². The van der Waals surface area contributed by atoms with Crippen molar-refractivity contribution < 1.29 is 9.90 Å². The van der Waals surface area contributed by atoms with E-state index in [4.69, 9.17) is 5.11 Å². The third-order valence-corrected chi connectivity index (χ3v) is 3.51. The summed E-state index contributed by atoms with van der Waals surface area (Å²) in [6, 6.07) is 0. The van der Waals surface area contributed by atoms with Crippen LogP contribution in [-0.2, 0) is 4.79 Å². The summed E-state index contributed by atoms with van der Waals surface area (Å²) >= 11 is 0. The Hall–Kier alpha value is -0.570. The first-order chi connectivity index (χ1) is 6.23. The largest absolute Gasteiger partial charge is 0.480 e. The molecule has 0 radical (unpaired) electrons. The number of rotatable bonds is 3. The fourth-order valence-electron chi connectivity index (χ4n) is 2.44. The number of carboxylic acid groups (broad SMARTS) is 1. The Morgan fingerprint density at radius 3 is 2.62 bits per heavy atom. The Bertz CT molecular complexity index is 205. The molecule has 13 heavy (non-hydrogen) atoms. The predicted molar refractivity (Wildman–Crippen MR) is 49.6 cm³/mol. The highest BCUT2D eigenvalue weighted by Crippen LogP contribution is 2.37. The first-order valence-electron chi connectivity index (χ1n) is 5.21. The van der Waals surface area contributed by atoms with Crippen molar-refractivity contribution in [3.8, 4) is 0 Å². The summed E-state index contributed by atoms with van der Waals surface area (Å²) in [6.45, 7) is 0.874. The second-order valence-corrected chi connectivity index (χ2v) is 4.42. The first-order valence-corrected chi connectivity index (χ1v) is 5.21. The molecule has 1 heterocycles. The van der Waals surface area contributed by atoms with E-state index in [1.807, 2.05) is 0 Å². The van der Waals surface area contributed by atoms with Gasteiger partial charge < -0.3 is 10.4 Å². The Balaban J connectivity index is 1.99. The first kappa shape index (κ1) is 9.00. The summed E-state index contributed by atoms with van der Waals surface area (Å²) in [5.41, 5.74) is -0.564.